The topological polar surface area (TPSA) is 64.3 Å². The second-order valence-corrected chi connectivity index (χ2v) is 5.07. The summed E-state index contributed by atoms with van der Waals surface area (Å²) in [4.78, 5) is 10.9. The molecule has 1 aliphatic heterocycles. The molecular formula is C11H17BrN4O. The fourth-order valence-electron chi connectivity index (χ4n) is 2.08. The Hall–Kier alpha value is -0.880. The fraction of sp³-hybridized carbons (Fsp3) is 0.636. The van der Waals surface area contributed by atoms with Crippen molar-refractivity contribution in [2.45, 2.75) is 12.8 Å². The molecule has 0 spiro atoms. The molecule has 0 bridgehead atoms. The van der Waals surface area contributed by atoms with Gasteiger partial charge < -0.3 is 15.4 Å². The van der Waals surface area contributed by atoms with Crippen LogP contribution in [0.25, 0.3) is 0 Å². The van der Waals surface area contributed by atoms with Gasteiger partial charge in [0.2, 0.25) is 11.8 Å². The lowest BCUT2D eigenvalue weighted by Gasteiger charge is -2.32. The van der Waals surface area contributed by atoms with Gasteiger partial charge in [0.1, 0.15) is 0 Å². The van der Waals surface area contributed by atoms with Crippen molar-refractivity contribution < 1.29 is 4.74 Å². The van der Waals surface area contributed by atoms with E-state index in [4.69, 9.17) is 10.5 Å². The summed E-state index contributed by atoms with van der Waals surface area (Å²) >= 11 is 3.35. The molecule has 1 fully saturated rings. The van der Waals surface area contributed by atoms with Gasteiger partial charge in [-0.15, -0.1) is 0 Å². The third-order valence-electron chi connectivity index (χ3n) is 3.03. The molecule has 1 aliphatic rings. The molecule has 94 valence electrons. The zero-order valence-electron chi connectivity index (χ0n) is 9.90. The van der Waals surface area contributed by atoms with Crippen molar-refractivity contribution in [2.24, 2.45) is 11.7 Å². The maximum atomic E-state index is 5.72. The van der Waals surface area contributed by atoms with Crippen molar-refractivity contribution >= 4 is 21.9 Å². The van der Waals surface area contributed by atoms with E-state index in [0.717, 1.165) is 36.5 Å². The first-order valence-corrected chi connectivity index (χ1v) is 6.55. The Morgan fingerprint density at radius 1 is 1.65 bits per heavy atom. The normalized spacial score (nSPS) is 20.4. The Morgan fingerprint density at radius 3 is 3.18 bits per heavy atom. The molecule has 1 aromatic heterocycles. The predicted molar refractivity (Wildman–Crippen MR) is 70.3 cm³/mol. The van der Waals surface area contributed by atoms with Crippen molar-refractivity contribution in [3.63, 3.8) is 0 Å². The van der Waals surface area contributed by atoms with Crippen LogP contribution in [0.3, 0.4) is 0 Å². The van der Waals surface area contributed by atoms with Crippen molar-refractivity contribution in [1.29, 1.82) is 0 Å². The summed E-state index contributed by atoms with van der Waals surface area (Å²) in [5.74, 6) is 1.84. The Morgan fingerprint density at radius 2 is 2.47 bits per heavy atom. The van der Waals surface area contributed by atoms with E-state index in [2.05, 4.69) is 30.8 Å². The van der Waals surface area contributed by atoms with Crippen LogP contribution in [0, 0.1) is 5.92 Å². The number of piperidine rings is 1. The van der Waals surface area contributed by atoms with Gasteiger partial charge in [-0.05, 0) is 41.2 Å². The van der Waals surface area contributed by atoms with Gasteiger partial charge in [0.15, 0.2) is 0 Å². The number of halogens is 1. The maximum absolute atomic E-state index is 5.72. The number of methoxy groups -OCH3 is 1. The molecule has 0 aromatic carbocycles. The number of rotatable bonds is 3. The Kier molecular flexibility index (Phi) is 4.17. The second-order valence-electron chi connectivity index (χ2n) is 4.22. The maximum Gasteiger partial charge on any atom is 0.232 e. The summed E-state index contributed by atoms with van der Waals surface area (Å²) in [7, 11) is 1.61. The lowest BCUT2D eigenvalue weighted by Crippen LogP contribution is -2.39. The van der Waals surface area contributed by atoms with Crippen LogP contribution in [0.1, 0.15) is 12.8 Å². The van der Waals surface area contributed by atoms with Gasteiger partial charge in [-0.1, -0.05) is 0 Å². The molecule has 0 radical (unpaired) electrons. The van der Waals surface area contributed by atoms with E-state index in [-0.39, 0.29) is 0 Å². The largest absolute Gasteiger partial charge is 0.480 e. The molecule has 0 aliphatic carbocycles. The number of nitrogens with zero attached hydrogens (tertiary/aromatic N) is 3. The minimum Gasteiger partial charge on any atom is -0.480 e. The lowest BCUT2D eigenvalue weighted by molar-refractivity contribution is 0.388. The van der Waals surface area contributed by atoms with Gasteiger partial charge in [0.05, 0.1) is 17.8 Å². The Labute approximate surface area is 110 Å². The van der Waals surface area contributed by atoms with Crippen LogP contribution < -0.4 is 15.4 Å². The summed E-state index contributed by atoms with van der Waals surface area (Å²) in [6.45, 7) is 2.65. The molecule has 2 rings (SSSR count). The van der Waals surface area contributed by atoms with Crippen LogP contribution in [0.4, 0.5) is 5.95 Å². The van der Waals surface area contributed by atoms with E-state index in [1.165, 1.54) is 6.42 Å². The molecule has 1 aromatic rings. The number of hydrogen-bond acceptors (Lipinski definition) is 5. The van der Waals surface area contributed by atoms with E-state index in [9.17, 15) is 0 Å². The lowest BCUT2D eigenvalue weighted by atomic mass is 9.99. The van der Waals surface area contributed by atoms with Crippen LogP contribution in [-0.4, -0.2) is 36.7 Å². The van der Waals surface area contributed by atoms with Crippen LogP contribution in [-0.2, 0) is 0 Å². The molecule has 17 heavy (non-hydrogen) atoms. The number of hydrogen-bond donors (Lipinski definition) is 1. The number of anilines is 1. The first kappa shape index (κ1) is 12.6. The minimum atomic E-state index is 0.544. The molecule has 5 nitrogen and oxygen atoms in total. The second kappa shape index (κ2) is 5.64. The molecular weight excluding hydrogens is 284 g/mol. The van der Waals surface area contributed by atoms with Crippen molar-refractivity contribution in [1.82, 2.24) is 9.97 Å². The summed E-state index contributed by atoms with van der Waals surface area (Å²) in [5, 5.41) is 0. The van der Waals surface area contributed by atoms with Crippen molar-refractivity contribution in [3.05, 3.63) is 10.7 Å². The van der Waals surface area contributed by atoms with Gasteiger partial charge in [-0.25, -0.2) is 4.98 Å². The van der Waals surface area contributed by atoms with Crippen molar-refractivity contribution in [3.8, 4) is 5.88 Å². The Bertz CT molecular complexity index is 388. The van der Waals surface area contributed by atoms with E-state index in [1.807, 2.05) is 0 Å². The highest BCUT2D eigenvalue weighted by Crippen LogP contribution is 2.25. The zero-order chi connectivity index (χ0) is 12.3. The van der Waals surface area contributed by atoms with Crippen LogP contribution in [0.15, 0.2) is 10.7 Å². The zero-order valence-corrected chi connectivity index (χ0v) is 11.5. The van der Waals surface area contributed by atoms with Gasteiger partial charge in [-0.2, -0.15) is 4.98 Å². The fourth-order valence-corrected chi connectivity index (χ4v) is 2.43. The van der Waals surface area contributed by atoms with Crippen LogP contribution in [0.2, 0.25) is 0 Å². The van der Waals surface area contributed by atoms with Crippen LogP contribution >= 0.6 is 15.9 Å². The average molecular weight is 301 g/mol. The number of nitrogens with two attached hydrogens (primary N) is 1. The molecule has 0 amide bonds. The van der Waals surface area contributed by atoms with E-state index >= 15 is 0 Å². The highest BCUT2D eigenvalue weighted by molar-refractivity contribution is 9.10. The first-order chi connectivity index (χ1) is 8.24. The molecule has 2 N–H and O–H groups in total. The summed E-state index contributed by atoms with van der Waals surface area (Å²) in [6, 6.07) is 0. The number of ether oxygens (including phenoxy) is 1. The van der Waals surface area contributed by atoms with Crippen LogP contribution in [0.5, 0.6) is 5.88 Å². The number of aromatic nitrogens is 2. The Balaban J connectivity index is 2.16. The smallest absolute Gasteiger partial charge is 0.232 e. The van der Waals surface area contributed by atoms with E-state index in [0.29, 0.717) is 11.8 Å². The predicted octanol–water partition coefficient (Wildman–Crippen LogP) is 1.42. The quantitative estimate of drug-likeness (QED) is 0.915. The molecule has 1 saturated heterocycles. The van der Waals surface area contributed by atoms with Gasteiger partial charge in [0.25, 0.3) is 0 Å². The molecule has 1 atom stereocenters. The first-order valence-electron chi connectivity index (χ1n) is 5.76. The average Bonchev–Trinajstić information content (AvgIpc) is 2.39. The third-order valence-corrected chi connectivity index (χ3v) is 3.57. The third kappa shape index (κ3) is 2.87. The standard InChI is InChI=1S/C11H17BrN4O/c1-17-10-9(12)6-14-11(15-10)16-4-2-3-8(5-13)7-16/h6,8H,2-5,7,13H2,1H3. The molecule has 2 heterocycles. The summed E-state index contributed by atoms with van der Waals surface area (Å²) < 4.78 is 5.95. The summed E-state index contributed by atoms with van der Waals surface area (Å²) in [5.41, 5.74) is 5.72. The van der Waals surface area contributed by atoms with Crippen molar-refractivity contribution in [2.75, 3.05) is 31.6 Å². The highest BCUT2D eigenvalue weighted by Gasteiger charge is 2.21. The summed E-state index contributed by atoms with van der Waals surface area (Å²) in [6.07, 6.45) is 4.07. The molecule has 1 unspecified atom stereocenters. The van der Waals surface area contributed by atoms with E-state index in [1.54, 1.807) is 13.3 Å². The minimum absolute atomic E-state index is 0.544. The van der Waals surface area contributed by atoms with E-state index < -0.39 is 0 Å². The SMILES string of the molecule is COc1nc(N2CCCC(CN)C2)ncc1Br. The van der Waals surface area contributed by atoms with Gasteiger partial charge in [0, 0.05) is 13.1 Å². The van der Waals surface area contributed by atoms with Gasteiger partial charge in [-0.3, -0.25) is 0 Å². The van der Waals surface area contributed by atoms with Gasteiger partial charge >= 0.3 is 0 Å². The molecule has 0 saturated carbocycles. The molecule has 6 heteroatoms. The monoisotopic (exact) mass is 300 g/mol. The highest BCUT2D eigenvalue weighted by atomic mass is 79.9.